The van der Waals surface area contributed by atoms with Crippen LogP contribution in [0.15, 0.2) is 48.5 Å². The second kappa shape index (κ2) is 6.52. The van der Waals surface area contributed by atoms with E-state index in [1.54, 1.807) is 11.0 Å². The predicted molar refractivity (Wildman–Crippen MR) is 97.6 cm³/mol. The van der Waals surface area contributed by atoms with Gasteiger partial charge in [-0.1, -0.05) is 35.9 Å². The number of piperidine rings is 1. The Balaban J connectivity index is 1.48. The molecule has 0 radical (unpaired) electrons. The predicted octanol–water partition coefficient (Wildman–Crippen LogP) is 4.98. The molecule has 3 aromatic rings. The van der Waals surface area contributed by atoms with E-state index in [0.717, 1.165) is 18.4 Å². The molecule has 1 aromatic heterocycles. The normalized spacial score (nSPS) is 15.7. The zero-order valence-electron chi connectivity index (χ0n) is 13.6. The van der Waals surface area contributed by atoms with Crippen molar-refractivity contribution in [2.24, 2.45) is 0 Å². The number of likely N-dealkylation sites (tertiary alicyclic amines) is 1. The lowest BCUT2D eigenvalue weighted by atomic mass is 9.93. The Morgan fingerprint density at radius 2 is 1.88 bits per heavy atom. The van der Waals surface area contributed by atoms with E-state index < -0.39 is 5.82 Å². The molecule has 1 amide bonds. The number of hydrogen-bond acceptors (Lipinski definition) is 1. The monoisotopic (exact) mass is 356 g/mol. The van der Waals surface area contributed by atoms with E-state index in [9.17, 15) is 9.18 Å². The van der Waals surface area contributed by atoms with Crippen molar-refractivity contribution in [2.75, 3.05) is 13.1 Å². The van der Waals surface area contributed by atoms with Crippen LogP contribution in [0.25, 0.3) is 10.9 Å². The van der Waals surface area contributed by atoms with Crippen LogP contribution in [0.3, 0.4) is 0 Å². The molecule has 128 valence electrons. The van der Waals surface area contributed by atoms with Crippen molar-refractivity contribution in [3.63, 3.8) is 0 Å². The molecule has 2 aromatic carbocycles. The molecule has 4 rings (SSSR count). The van der Waals surface area contributed by atoms with Gasteiger partial charge in [-0.25, -0.2) is 4.39 Å². The number of carbonyl (C=O) groups is 1. The molecule has 1 N–H and O–H groups in total. The van der Waals surface area contributed by atoms with Gasteiger partial charge in [0.25, 0.3) is 5.91 Å². The summed E-state index contributed by atoms with van der Waals surface area (Å²) in [5.74, 6) is -0.499. The Morgan fingerprint density at radius 3 is 2.60 bits per heavy atom. The van der Waals surface area contributed by atoms with Gasteiger partial charge >= 0.3 is 0 Å². The van der Waals surface area contributed by atoms with E-state index in [0.29, 0.717) is 19.0 Å². The SMILES string of the molecule is O=C(c1c(F)cccc1Cl)N1CCC(c2cc3ccccc3[nH]2)CC1. The highest BCUT2D eigenvalue weighted by Gasteiger charge is 2.28. The number of nitrogens with one attached hydrogen (secondary N) is 1. The summed E-state index contributed by atoms with van der Waals surface area (Å²) in [6.07, 6.45) is 1.70. The molecular formula is C20H18ClFN2O. The molecule has 1 aliphatic rings. The summed E-state index contributed by atoms with van der Waals surface area (Å²) in [6.45, 7) is 1.20. The Morgan fingerprint density at radius 1 is 1.12 bits per heavy atom. The van der Waals surface area contributed by atoms with E-state index in [4.69, 9.17) is 11.6 Å². The minimum absolute atomic E-state index is 0.0202. The van der Waals surface area contributed by atoms with Crippen molar-refractivity contribution in [3.8, 4) is 0 Å². The number of carbonyl (C=O) groups excluding carboxylic acids is 1. The quantitative estimate of drug-likeness (QED) is 0.690. The molecule has 0 spiro atoms. The van der Waals surface area contributed by atoms with Crippen molar-refractivity contribution in [1.82, 2.24) is 9.88 Å². The largest absolute Gasteiger partial charge is 0.358 e. The van der Waals surface area contributed by atoms with E-state index in [-0.39, 0.29) is 16.5 Å². The van der Waals surface area contributed by atoms with Crippen LogP contribution < -0.4 is 0 Å². The van der Waals surface area contributed by atoms with Gasteiger partial charge in [0.1, 0.15) is 5.82 Å². The average molecular weight is 357 g/mol. The molecule has 1 fully saturated rings. The van der Waals surface area contributed by atoms with Gasteiger partial charge in [-0.05, 0) is 42.5 Å². The maximum atomic E-state index is 14.0. The van der Waals surface area contributed by atoms with Crippen LogP contribution in [0.2, 0.25) is 5.02 Å². The number of aromatic nitrogens is 1. The number of halogens is 2. The maximum absolute atomic E-state index is 14.0. The molecule has 3 nitrogen and oxygen atoms in total. The molecule has 0 aliphatic carbocycles. The Hall–Kier alpha value is -2.33. The molecule has 1 saturated heterocycles. The molecule has 5 heteroatoms. The number of nitrogens with zero attached hydrogens (tertiary/aromatic N) is 1. The van der Waals surface area contributed by atoms with Crippen LogP contribution in [0, 0.1) is 5.82 Å². The van der Waals surface area contributed by atoms with Gasteiger partial charge in [0.15, 0.2) is 0 Å². The third kappa shape index (κ3) is 3.02. The number of aromatic amines is 1. The smallest absolute Gasteiger partial charge is 0.258 e. The molecule has 25 heavy (non-hydrogen) atoms. The molecule has 2 heterocycles. The minimum Gasteiger partial charge on any atom is -0.358 e. The topological polar surface area (TPSA) is 36.1 Å². The fourth-order valence-corrected chi connectivity index (χ4v) is 3.81. The summed E-state index contributed by atoms with van der Waals surface area (Å²) >= 11 is 6.02. The number of rotatable bonds is 2. The van der Waals surface area contributed by atoms with Crippen LogP contribution in [-0.4, -0.2) is 28.9 Å². The first-order valence-electron chi connectivity index (χ1n) is 8.44. The highest BCUT2D eigenvalue weighted by molar-refractivity contribution is 6.33. The summed E-state index contributed by atoms with van der Waals surface area (Å²) in [4.78, 5) is 17.8. The lowest BCUT2D eigenvalue weighted by Crippen LogP contribution is -2.38. The van der Waals surface area contributed by atoms with Gasteiger partial charge < -0.3 is 9.88 Å². The van der Waals surface area contributed by atoms with Crippen LogP contribution >= 0.6 is 11.6 Å². The van der Waals surface area contributed by atoms with E-state index in [1.165, 1.54) is 23.2 Å². The first-order chi connectivity index (χ1) is 12.1. The van der Waals surface area contributed by atoms with E-state index in [2.05, 4.69) is 23.2 Å². The van der Waals surface area contributed by atoms with Crippen LogP contribution in [-0.2, 0) is 0 Å². The van der Waals surface area contributed by atoms with Gasteiger partial charge in [0, 0.05) is 30.2 Å². The molecule has 1 aliphatic heterocycles. The second-order valence-corrected chi connectivity index (χ2v) is 6.88. The highest BCUT2D eigenvalue weighted by atomic mass is 35.5. The van der Waals surface area contributed by atoms with Gasteiger partial charge in [0.2, 0.25) is 0 Å². The first kappa shape index (κ1) is 16.2. The third-order valence-corrected chi connectivity index (χ3v) is 5.26. The fourth-order valence-electron chi connectivity index (χ4n) is 3.57. The highest BCUT2D eigenvalue weighted by Crippen LogP contribution is 2.31. The maximum Gasteiger partial charge on any atom is 0.258 e. The summed E-state index contributed by atoms with van der Waals surface area (Å²) in [6, 6.07) is 14.7. The zero-order chi connectivity index (χ0) is 17.4. The lowest BCUT2D eigenvalue weighted by molar-refractivity contribution is 0.0707. The summed E-state index contributed by atoms with van der Waals surface area (Å²) in [7, 11) is 0. The molecule has 0 atom stereocenters. The summed E-state index contributed by atoms with van der Waals surface area (Å²) in [5, 5.41) is 1.37. The number of hydrogen-bond donors (Lipinski definition) is 1. The molecule has 0 unspecified atom stereocenters. The van der Waals surface area contributed by atoms with Gasteiger partial charge in [-0.2, -0.15) is 0 Å². The lowest BCUT2D eigenvalue weighted by Gasteiger charge is -2.32. The van der Waals surface area contributed by atoms with Crippen molar-refractivity contribution >= 4 is 28.4 Å². The average Bonchev–Trinajstić information content (AvgIpc) is 3.06. The van der Waals surface area contributed by atoms with Gasteiger partial charge in [-0.15, -0.1) is 0 Å². The van der Waals surface area contributed by atoms with Gasteiger partial charge in [-0.3, -0.25) is 4.79 Å². The minimum atomic E-state index is -0.560. The molecular weight excluding hydrogens is 339 g/mol. The van der Waals surface area contributed by atoms with Crippen molar-refractivity contribution in [1.29, 1.82) is 0 Å². The first-order valence-corrected chi connectivity index (χ1v) is 8.82. The van der Waals surface area contributed by atoms with Crippen molar-refractivity contribution in [3.05, 3.63) is 70.6 Å². The zero-order valence-corrected chi connectivity index (χ0v) is 14.4. The fraction of sp³-hybridized carbons (Fsp3) is 0.250. The Bertz CT molecular complexity index is 875. The number of fused-ring (bicyclic) bond motifs is 1. The second-order valence-electron chi connectivity index (χ2n) is 6.48. The molecule has 0 bridgehead atoms. The molecule has 0 saturated carbocycles. The van der Waals surface area contributed by atoms with E-state index in [1.807, 2.05) is 12.1 Å². The van der Waals surface area contributed by atoms with Gasteiger partial charge in [0.05, 0.1) is 10.6 Å². The Labute approximate surface area is 150 Å². The number of benzene rings is 2. The van der Waals surface area contributed by atoms with Crippen molar-refractivity contribution in [2.45, 2.75) is 18.8 Å². The standard InChI is InChI=1S/C20H18ClFN2O/c21-15-5-3-6-16(22)19(15)20(25)24-10-8-13(9-11-24)18-12-14-4-1-2-7-17(14)23-18/h1-7,12-13,23H,8-11H2. The van der Waals surface area contributed by atoms with E-state index >= 15 is 0 Å². The van der Waals surface area contributed by atoms with Crippen LogP contribution in [0.5, 0.6) is 0 Å². The summed E-state index contributed by atoms with van der Waals surface area (Å²) < 4.78 is 14.0. The Kier molecular flexibility index (Phi) is 4.22. The number of para-hydroxylation sites is 1. The number of H-pyrrole nitrogens is 1. The van der Waals surface area contributed by atoms with Crippen LogP contribution in [0.1, 0.15) is 34.8 Å². The van der Waals surface area contributed by atoms with Crippen LogP contribution in [0.4, 0.5) is 4.39 Å². The number of amides is 1. The van der Waals surface area contributed by atoms with Crippen molar-refractivity contribution < 1.29 is 9.18 Å². The third-order valence-electron chi connectivity index (χ3n) is 4.95. The summed E-state index contributed by atoms with van der Waals surface area (Å²) in [5.41, 5.74) is 2.32.